The number of aryl methyl sites for hydroxylation is 1. The lowest BCUT2D eigenvalue weighted by atomic mass is 10.1. The minimum atomic E-state index is -3.74. The number of methoxy groups -OCH3 is 3. The molecule has 2 aromatic carbocycles. The van der Waals surface area contributed by atoms with Crippen molar-refractivity contribution in [3.8, 4) is 17.2 Å². The molecule has 0 N–H and O–H groups in total. The molecule has 1 fully saturated rings. The zero-order chi connectivity index (χ0) is 19.8. The molecule has 0 bridgehead atoms. The molecule has 1 aliphatic rings. The summed E-state index contributed by atoms with van der Waals surface area (Å²) in [5.41, 5.74) is 1.90. The molecule has 144 valence electrons. The van der Waals surface area contributed by atoms with Crippen LogP contribution in [0.1, 0.15) is 16.5 Å². The maximum Gasteiger partial charge on any atom is 0.243 e. The number of carbonyl (C=O) groups excluding carboxylic acids is 1. The Morgan fingerprint density at radius 1 is 0.963 bits per heavy atom. The van der Waals surface area contributed by atoms with E-state index in [4.69, 9.17) is 14.2 Å². The predicted octanol–water partition coefficient (Wildman–Crippen LogP) is 2.48. The zero-order valence-corrected chi connectivity index (χ0v) is 16.4. The van der Waals surface area contributed by atoms with Gasteiger partial charge in [-0.25, -0.2) is 8.42 Å². The van der Waals surface area contributed by atoms with Crippen molar-refractivity contribution in [3.05, 3.63) is 47.5 Å². The number of amides is 1. The molecule has 1 amide bonds. The van der Waals surface area contributed by atoms with Crippen LogP contribution in [0.2, 0.25) is 0 Å². The van der Waals surface area contributed by atoms with Crippen molar-refractivity contribution in [1.29, 1.82) is 0 Å². The number of nitrogens with zero attached hydrogens (tertiary/aromatic N) is 1. The summed E-state index contributed by atoms with van der Waals surface area (Å²) in [6.07, 6.45) is 0. The minimum absolute atomic E-state index is 0.324. The highest BCUT2D eigenvalue weighted by Gasteiger charge is 2.46. The molecule has 0 radical (unpaired) electrons. The molecule has 2 aromatic rings. The molecule has 1 saturated heterocycles. The molecule has 7 nitrogen and oxygen atoms in total. The van der Waals surface area contributed by atoms with Crippen LogP contribution >= 0.6 is 0 Å². The standard InChI is InChI=1S/C19H21NO6S/c1-12-5-7-14(8-6-12)20-17(21)11-27(22,23)19(20)13-9-15(24-2)18(26-4)16(10-13)25-3/h5-10,19H,11H2,1-4H3. The second-order valence-corrected chi connectivity index (χ2v) is 8.28. The third kappa shape index (κ3) is 3.32. The molecule has 1 heterocycles. The lowest BCUT2D eigenvalue weighted by Crippen LogP contribution is -2.29. The van der Waals surface area contributed by atoms with Gasteiger partial charge in [0, 0.05) is 5.69 Å². The highest BCUT2D eigenvalue weighted by Crippen LogP contribution is 2.44. The molecule has 0 aromatic heterocycles. The van der Waals surface area contributed by atoms with Crippen molar-refractivity contribution >= 4 is 21.4 Å². The van der Waals surface area contributed by atoms with Gasteiger partial charge in [0.2, 0.25) is 11.7 Å². The Morgan fingerprint density at radius 3 is 2.00 bits per heavy atom. The second-order valence-electron chi connectivity index (χ2n) is 6.22. The summed E-state index contributed by atoms with van der Waals surface area (Å²) in [5, 5.41) is -1.17. The van der Waals surface area contributed by atoms with Crippen molar-refractivity contribution in [2.45, 2.75) is 12.3 Å². The van der Waals surface area contributed by atoms with E-state index in [2.05, 4.69) is 0 Å². The van der Waals surface area contributed by atoms with Crippen LogP contribution in [0, 0.1) is 6.92 Å². The van der Waals surface area contributed by atoms with Gasteiger partial charge in [0.25, 0.3) is 0 Å². The summed E-state index contributed by atoms with van der Waals surface area (Å²) in [7, 11) is 0.628. The molecule has 0 aliphatic carbocycles. The van der Waals surface area contributed by atoms with Crippen molar-refractivity contribution in [1.82, 2.24) is 0 Å². The number of sulfone groups is 1. The Morgan fingerprint density at radius 2 is 1.52 bits per heavy atom. The molecule has 8 heteroatoms. The van der Waals surface area contributed by atoms with Gasteiger partial charge in [0.1, 0.15) is 5.75 Å². The molecular formula is C19H21NO6S. The van der Waals surface area contributed by atoms with Crippen LogP contribution in [-0.2, 0) is 14.6 Å². The number of anilines is 1. The molecule has 3 rings (SSSR count). The first-order valence-corrected chi connectivity index (χ1v) is 9.94. The first-order chi connectivity index (χ1) is 12.8. The highest BCUT2D eigenvalue weighted by molar-refractivity contribution is 7.93. The van der Waals surface area contributed by atoms with Crippen LogP contribution in [0.4, 0.5) is 5.69 Å². The Balaban J connectivity index is 2.19. The molecule has 1 unspecified atom stereocenters. The molecule has 0 spiro atoms. The summed E-state index contributed by atoms with van der Waals surface area (Å²) >= 11 is 0. The van der Waals surface area contributed by atoms with Crippen molar-refractivity contribution < 1.29 is 27.4 Å². The second kappa shape index (κ2) is 7.11. The number of carbonyl (C=O) groups is 1. The minimum Gasteiger partial charge on any atom is -0.493 e. The third-order valence-corrected chi connectivity index (χ3v) is 6.26. The summed E-state index contributed by atoms with van der Waals surface area (Å²) in [6.45, 7) is 1.92. The van der Waals surface area contributed by atoms with Crippen molar-refractivity contribution in [2.24, 2.45) is 0 Å². The van der Waals surface area contributed by atoms with Crippen molar-refractivity contribution in [3.63, 3.8) is 0 Å². The average molecular weight is 391 g/mol. The van der Waals surface area contributed by atoms with Crippen LogP contribution in [0.5, 0.6) is 17.2 Å². The molecule has 1 atom stereocenters. The largest absolute Gasteiger partial charge is 0.493 e. The zero-order valence-electron chi connectivity index (χ0n) is 15.6. The highest BCUT2D eigenvalue weighted by atomic mass is 32.2. The Bertz CT molecular complexity index is 943. The lowest BCUT2D eigenvalue weighted by Gasteiger charge is -2.25. The molecular weight excluding hydrogens is 370 g/mol. The Kier molecular flexibility index (Phi) is 5.01. The van der Waals surface area contributed by atoms with Gasteiger partial charge in [-0.2, -0.15) is 0 Å². The molecule has 1 aliphatic heterocycles. The maximum atomic E-state index is 12.8. The van der Waals surface area contributed by atoms with E-state index in [-0.39, 0.29) is 0 Å². The first-order valence-electron chi connectivity index (χ1n) is 8.22. The van der Waals surface area contributed by atoms with E-state index in [0.29, 0.717) is 28.5 Å². The maximum absolute atomic E-state index is 12.8. The van der Waals surface area contributed by atoms with E-state index in [0.717, 1.165) is 5.56 Å². The van der Waals surface area contributed by atoms with Gasteiger partial charge in [-0.15, -0.1) is 0 Å². The number of rotatable bonds is 5. The van der Waals surface area contributed by atoms with Gasteiger partial charge >= 0.3 is 0 Å². The lowest BCUT2D eigenvalue weighted by molar-refractivity contribution is -0.115. The average Bonchev–Trinajstić information content (AvgIpc) is 2.89. The van der Waals surface area contributed by atoms with Crippen LogP contribution < -0.4 is 19.1 Å². The normalized spacial score (nSPS) is 18.4. The number of benzene rings is 2. The van der Waals surface area contributed by atoms with Gasteiger partial charge in [0.15, 0.2) is 26.7 Å². The van der Waals surface area contributed by atoms with E-state index < -0.39 is 26.9 Å². The molecule has 0 saturated carbocycles. The fourth-order valence-electron chi connectivity index (χ4n) is 3.20. The fourth-order valence-corrected chi connectivity index (χ4v) is 4.95. The summed E-state index contributed by atoms with van der Waals surface area (Å²) < 4.78 is 41.6. The quantitative estimate of drug-likeness (QED) is 0.779. The Hall–Kier alpha value is -2.74. The predicted molar refractivity (Wildman–Crippen MR) is 101 cm³/mol. The van der Waals surface area contributed by atoms with Gasteiger partial charge in [-0.05, 0) is 36.8 Å². The summed E-state index contributed by atoms with van der Waals surface area (Å²) in [5.74, 6) is -0.0252. The van der Waals surface area contributed by atoms with Gasteiger partial charge in [0.05, 0.1) is 21.3 Å². The van der Waals surface area contributed by atoms with E-state index >= 15 is 0 Å². The van der Waals surface area contributed by atoms with Crippen LogP contribution in [-0.4, -0.2) is 41.4 Å². The number of hydrogen-bond donors (Lipinski definition) is 0. The van der Waals surface area contributed by atoms with Crippen LogP contribution in [0.25, 0.3) is 0 Å². The van der Waals surface area contributed by atoms with Crippen LogP contribution in [0.3, 0.4) is 0 Å². The van der Waals surface area contributed by atoms with E-state index in [1.54, 1.807) is 24.3 Å². The van der Waals surface area contributed by atoms with E-state index in [1.807, 2.05) is 19.1 Å². The Labute approximate surface area is 158 Å². The molecule has 27 heavy (non-hydrogen) atoms. The number of hydrogen-bond acceptors (Lipinski definition) is 6. The van der Waals surface area contributed by atoms with E-state index in [1.165, 1.54) is 26.2 Å². The monoisotopic (exact) mass is 391 g/mol. The summed E-state index contributed by atoms with van der Waals surface area (Å²) in [6, 6.07) is 10.3. The van der Waals surface area contributed by atoms with Crippen LogP contribution in [0.15, 0.2) is 36.4 Å². The topological polar surface area (TPSA) is 82.1 Å². The number of ether oxygens (including phenoxy) is 3. The first kappa shape index (κ1) is 19.0. The van der Waals surface area contributed by atoms with Gasteiger partial charge < -0.3 is 14.2 Å². The smallest absolute Gasteiger partial charge is 0.243 e. The summed E-state index contributed by atoms with van der Waals surface area (Å²) in [4.78, 5) is 13.9. The fraction of sp³-hybridized carbons (Fsp3) is 0.316. The van der Waals surface area contributed by atoms with Crippen molar-refractivity contribution in [2.75, 3.05) is 32.0 Å². The third-order valence-electron chi connectivity index (χ3n) is 4.45. The van der Waals surface area contributed by atoms with Gasteiger partial charge in [-0.3, -0.25) is 9.69 Å². The van der Waals surface area contributed by atoms with E-state index in [9.17, 15) is 13.2 Å². The SMILES string of the molecule is COc1cc(C2N(c3ccc(C)cc3)C(=O)CS2(=O)=O)cc(OC)c1OC. The van der Waals surface area contributed by atoms with Gasteiger partial charge in [-0.1, -0.05) is 17.7 Å².